The maximum absolute atomic E-state index is 5.02. The van der Waals surface area contributed by atoms with Crippen LogP contribution < -0.4 is 9.80 Å². The molecule has 8 aromatic rings. The van der Waals surface area contributed by atoms with Gasteiger partial charge in [-0.2, -0.15) is 0 Å². The number of hydrogen-bond donors (Lipinski definition) is 0. The summed E-state index contributed by atoms with van der Waals surface area (Å²) in [6.45, 7) is 14.5. The van der Waals surface area contributed by atoms with Crippen LogP contribution in [0.15, 0.2) is 158 Å². The first kappa shape index (κ1) is 33.4. The van der Waals surface area contributed by atoms with E-state index >= 15 is 0 Å². The van der Waals surface area contributed by atoms with Gasteiger partial charge >= 0.3 is 0 Å². The van der Waals surface area contributed by atoms with Gasteiger partial charge in [0, 0.05) is 28.2 Å². The van der Waals surface area contributed by atoms with E-state index in [4.69, 9.17) is 4.98 Å². The molecular weight excluding hydrogens is 669 g/mol. The second-order valence-electron chi connectivity index (χ2n) is 17.3. The zero-order chi connectivity index (χ0) is 37.7. The molecule has 0 radical (unpaired) electrons. The van der Waals surface area contributed by atoms with Crippen molar-refractivity contribution in [3.63, 3.8) is 0 Å². The fraction of sp³-hybridized carbons (Fsp3) is 0.196. The van der Waals surface area contributed by atoms with Crippen molar-refractivity contribution >= 4 is 38.9 Å². The summed E-state index contributed by atoms with van der Waals surface area (Å²) in [5.41, 5.74) is 14.4. The maximum atomic E-state index is 5.02. The first-order chi connectivity index (χ1) is 26.5. The van der Waals surface area contributed by atoms with Gasteiger partial charge in [-0.1, -0.05) is 124 Å². The van der Waals surface area contributed by atoms with E-state index in [1.165, 1.54) is 66.8 Å². The minimum absolute atomic E-state index is 0.00623. The number of rotatable bonds is 4. The van der Waals surface area contributed by atoms with Gasteiger partial charge in [0.15, 0.2) is 0 Å². The van der Waals surface area contributed by atoms with Crippen LogP contribution >= 0.6 is 0 Å². The van der Waals surface area contributed by atoms with E-state index in [2.05, 4.69) is 208 Å². The topological polar surface area (TPSA) is 24.3 Å². The molecule has 1 aliphatic heterocycles. The number of aromatic nitrogens is 2. The normalized spacial score (nSPS) is 14.7. The molecule has 55 heavy (non-hydrogen) atoms. The Hall–Kier alpha value is -6.13. The summed E-state index contributed by atoms with van der Waals surface area (Å²) >= 11 is 0. The lowest BCUT2D eigenvalue weighted by Crippen LogP contribution is -2.42. The molecule has 0 amide bonds. The first-order valence-corrected chi connectivity index (χ1v) is 19.5. The summed E-state index contributed by atoms with van der Waals surface area (Å²) < 4.78 is 2.38. The van der Waals surface area contributed by atoms with Gasteiger partial charge in [-0.15, -0.1) is 0 Å². The number of anilines is 3. The van der Waals surface area contributed by atoms with Crippen LogP contribution in [0.5, 0.6) is 0 Å². The van der Waals surface area contributed by atoms with E-state index in [-0.39, 0.29) is 11.0 Å². The van der Waals surface area contributed by atoms with E-state index in [1.54, 1.807) is 0 Å². The van der Waals surface area contributed by atoms with Crippen LogP contribution in [0.2, 0.25) is 0 Å². The van der Waals surface area contributed by atoms with E-state index in [0.29, 0.717) is 0 Å². The molecule has 270 valence electrons. The van der Waals surface area contributed by atoms with E-state index in [9.17, 15) is 0 Å². The number of nitrogens with zero attached hydrogens (tertiary/aromatic N) is 4. The number of fused-ring (bicyclic) bond motifs is 7. The summed E-state index contributed by atoms with van der Waals surface area (Å²) in [6, 6.07) is 56.6. The molecule has 4 nitrogen and oxygen atoms in total. The van der Waals surface area contributed by atoms with Crippen molar-refractivity contribution in [2.24, 2.45) is 0 Å². The van der Waals surface area contributed by atoms with Crippen molar-refractivity contribution in [3.05, 3.63) is 186 Å². The predicted molar refractivity (Wildman–Crippen MR) is 230 cm³/mol. The number of hydrogen-bond acceptors (Lipinski definition) is 3. The maximum Gasteiger partial charge on any atom is 0.137 e. The Bertz CT molecular complexity index is 2750. The van der Waals surface area contributed by atoms with Gasteiger partial charge < -0.3 is 9.80 Å². The molecule has 0 atom stereocenters. The fourth-order valence-corrected chi connectivity index (χ4v) is 9.40. The molecule has 0 spiro atoms. The van der Waals surface area contributed by atoms with Crippen LogP contribution in [-0.4, -0.2) is 21.8 Å². The van der Waals surface area contributed by atoms with Gasteiger partial charge in [0.05, 0.1) is 34.5 Å². The molecule has 0 saturated carbocycles. The lowest BCUT2D eigenvalue weighted by atomic mass is 9.67. The summed E-state index contributed by atoms with van der Waals surface area (Å²) in [5.74, 6) is 0.940. The van der Waals surface area contributed by atoms with Gasteiger partial charge in [-0.3, -0.25) is 4.57 Å². The van der Waals surface area contributed by atoms with Gasteiger partial charge in [0.25, 0.3) is 0 Å². The highest BCUT2D eigenvalue weighted by molar-refractivity contribution is 6.09. The largest absolute Gasteiger partial charge is 0.347 e. The molecule has 0 saturated heterocycles. The standard InChI is InChI=1S/C51H46N4/c1-49(2,3)34-28-29-52-48(32-34)55-44-23-12-9-20-40(44)41-27-26-36(31-47(41)55)51(42-21-10-7-18-38(42)39-19-8-11-22-43(39)51)35-16-15-17-37(30-35)53-33-54(50(4,5)6)46-25-14-13-24-45(46)53/h7-32H,33H2,1-6H3. The van der Waals surface area contributed by atoms with Crippen LogP contribution in [0.3, 0.4) is 0 Å². The Morgan fingerprint density at radius 1 is 0.545 bits per heavy atom. The Balaban J connectivity index is 1.25. The van der Waals surface area contributed by atoms with Gasteiger partial charge in [-0.25, -0.2) is 4.98 Å². The smallest absolute Gasteiger partial charge is 0.137 e. The third kappa shape index (κ3) is 4.93. The molecule has 0 N–H and O–H groups in total. The molecule has 4 heteroatoms. The molecule has 10 rings (SSSR count). The molecule has 3 heterocycles. The highest BCUT2D eigenvalue weighted by atomic mass is 15.4. The van der Waals surface area contributed by atoms with Crippen LogP contribution in [0.25, 0.3) is 38.8 Å². The van der Waals surface area contributed by atoms with Gasteiger partial charge in [0.2, 0.25) is 0 Å². The lowest BCUT2D eigenvalue weighted by Gasteiger charge is -2.36. The summed E-state index contributed by atoms with van der Waals surface area (Å²) in [6.07, 6.45) is 1.97. The van der Waals surface area contributed by atoms with Crippen molar-refractivity contribution in [1.29, 1.82) is 0 Å². The van der Waals surface area contributed by atoms with E-state index < -0.39 is 5.41 Å². The van der Waals surface area contributed by atoms with Gasteiger partial charge in [-0.05, 0) is 114 Å². The summed E-state index contributed by atoms with van der Waals surface area (Å²) in [7, 11) is 0. The number of benzene rings is 6. The molecule has 2 aromatic heterocycles. The van der Waals surface area contributed by atoms with Crippen LogP contribution in [-0.2, 0) is 10.8 Å². The molecule has 1 aliphatic carbocycles. The molecule has 2 aliphatic rings. The second-order valence-corrected chi connectivity index (χ2v) is 17.3. The fourth-order valence-electron chi connectivity index (χ4n) is 9.40. The third-order valence-corrected chi connectivity index (χ3v) is 12.0. The second kappa shape index (κ2) is 11.9. The quantitative estimate of drug-likeness (QED) is 0.181. The molecule has 0 bridgehead atoms. The predicted octanol–water partition coefficient (Wildman–Crippen LogP) is 12.6. The van der Waals surface area contributed by atoms with E-state index in [0.717, 1.165) is 23.5 Å². The van der Waals surface area contributed by atoms with Crippen molar-refractivity contribution in [3.8, 4) is 16.9 Å². The monoisotopic (exact) mass is 714 g/mol. The zero-order valence-electron chi connectivity index (χ0n) is 32.5. The Morgan fingerprint density at radius 3 is 1.91 bits per heavy atom. The number of pyridine rings is 1. The molecular formula is C51H46N4. The lowest BCUT2D eigenvalue weighted by molar-refractivity contribution is 0.518. The first-order valence-electron chi connectivity index (χ1n) is 19.5. The van der Waals surface area contributed by atoms with Crippen molar-refractivity contribution < 1.29 is 0 Å². The van der Waals surface area contributed by atoms with Crippen LogP contribution in [0.4, 0.5) is 17.1 Å². The van der Waals surface area contributed by atoms with Crippen molar-refractivity contribution in [2.45, 2.75) is 57.9 Å². The minimum Gasteiger partial charge on any atom is -0.347 e. The van der Waals surface area contributed by atoms with Crippen molar-refractivity contribution in [1.82, 2.24) is 9.55 Å². The highest BCUT2D eigenvalue weighted by Crippen LogP contribution is 2.57. The number of para-hydroxylation sites is 3. The Morgan fingerprint density at radius 2 is 1.18 bits per heavy atom. The highest BCUT2D eigenvalue weighted by Gasteiger charge is 2.46. The molecule has 6 aromatic carbocycles. The van der Waals surface area contributed by atoms with Crippen LogP contribution in [0.1, 0.15) is 69.4 Å². The van der Waals surface area contributed by atoms with E-state index in [1.807, 2.05) is 6.20 Å². The average molecular weight is 715 g/mol. The van der Waals surface area contributed by atoms with Crippen molar-refractivity contribution in [2.75, 3.05) is 16.5 Å². The minimum atomic E-state index is -0.567. The Kier molecular flexibility index (Phi) is 7.26. The summed E-state index contributed by atoms with van der Waals surface area (Å²) in [4.78, 5) is 10.0. The molecule has 0 fully saturated rings. The molecule has 0 unspecified atom stereocenters. The summed E-state index contributed by atoms with van der Waals surface area (Å²) in [5, 5.41) is 2.45. The average Bonchev–Trinajstić information content (AvgIpc) is 3.85. The zero-order valence-corrected chi connectivity index (χ0v) is 32.5. The van der Waals surface area contributed by atoms with Crippen LogP contribution in [0, 0.1) is 0 Å². The third-order valence-electron chi connectivity index (χ3n) is 12.0. The SMILES string of the molecule is CC(C)(C)c1ccnc(-n2c3ccccc3c3ccc(C4(c5cccc(N6CN(C(C)(C)C)c7ccccc76)c5)c5ccccc5-c5ccccc54)cc32)c1. The van der Waals surface area contributed by atoms with Gasteiger partial charge in [0.1, 0.15) is 5.82 Å². The Labute approximate surface area is 324 Å².